The molecule has 0 amide bonds. The van der Waals surface area contributed by atoms with Crippen molar-refractivity contribution >= 4 is 27.4 Å². The van der Waals surface area contributed by atoms with Crippen LogP contribution in [0.5, 0.6) is 0 Å². The van der Waals surface area contributed by atoms with E-state index in [0.29, 0.717) is 12.3 Å². The SMILES string of the molecule is O=C(CCC1(N2CCN(S(=O)(=O)c3cn(C(F)F)nn3)CC2)CCC(F)(F)CC1)c1ccc(C(F)(F)F)cc1Cl. The zero-order valence-corrected chi connectivity index (χ0v) is 22.4. The van der Waals surface area contributed by atoms with Crippen LogP contribution in [0, 0.1) is 0 Å². The minimum atomic E-state index is -4.64. The van der Waals surface area contributed by atoms with E-state index in [1.165, 1.54) is 0 Å². The van der Waals surface area contributed by atoms with Crippen LogP contribution in [-0.4, -0.2) is 76.0 Å². The van der Waals surface area contributed by atoms with Gasteiger partial charge < -0.3 is 0 Å². The van der Waals surface area contributed by atoms with E-state index in [9.17, 15) is 43.9 Å². The molecule has 222 valence electrons. The number of hydrogen-bond acceptors (Lipinski definition) is 6. The molecule has 1 aliphatic heterocycles. The number of Topliss-reactive ketones (excluding diaryl/α,β-unsaturated/α-hetero) is 1. The number of aromatic nitrogens is 3. The van der Waals surface area contributed by atoms with Gasteiger partial charge in [0.25, 0.3) is 10.0 Å². The predicted molar refractivity (Wildman–Crippen MR) is 128 cm³/mol. The number of rotatable bonds is 8. The predicted octanol–water partition coefficient (Wildman–Crippen LogP) is 5.26. The molecule has 0 radical (unpaired) electrons. The lowest BCUT2D eigenvalue weighted by Crippen LogP contribution is -2.59. The van der Waals surface area contributed by atoms with Gasteiger partial charge in [0.05, 0.1) is 16.8 Å². The van der Waals surface area contributed by atoms with Gasteiger partial charge in [-0.1, -0.05) is 16.8 Å². The maximum atomic E-state index is 14.1. The lowest BCUT2D eigenvalue weighted by molar-refractivity contribution is -0.137. The Morgan fingerprint density at radius 3 is 2.20 bits per heavy atom. The molecule has 0 bridgehead atoms. The summed E-state index contributed by atoms with van der Waals surface area (Å²) in [4.78, 5) is 14.8. The lowest BCUT2D eigenvalue weighted by atomic mass is 9.74. The Labute approximate surface area is 230 Å². The summed E-state index contributed by atoms with van der Waals surface area (Å²) in [5.74, 6) is -3.44. The van der Waals surface area contributed by atoms with Gasteiger partial charge in [-0.05, 0) is 37.5 Å². The fourth-order valence-electron chi connectivity index (χ4n) is 5.21. The molecule has 1 saturated heterocycles. The molecule has 1 aromatic heterocycles. The quantitative estimate of drug-likeness (QED) is 0.296. The highest BCUT2D eigenvalue weighted by Gasteiger charge is 2.48. The topological polar surface area (TPSA) is 88.4 Å². The largest absolute Gasteiger partial charge is 0.416 e. The van der Waals surface area contributed by atoms with Crippen LogP contribution in [0.1, 0.15) is 61.0 Å². The molecule has 2 heterocycles. The summed E-state index contributed by atoms with van der Waals surface area (Å²) in [7, 11) is -4.24. The molecule has 0 N–H and O–H groups in total. The lowest BCUT2D eigenvalue weighted by Gasteiger charge is -2.50. The van der Waals surface area contributed by atoms with E-state index in [2.05, 4.69) is 10.3 Å². The molecule has 40 heavy (non-hydrogen) atoms. The molecule has 1 aliphatic carbocycles. The molecule has 2 aromatic rings. The number of sulfonamides is 1. The minimum Gasteiger partial charge on any atom is -0.295 e. The molecule has 4 rings (SSSR count). The van der Waals surface area contributed by atoms with Crippen molar-refractivity contribution in [1.82, 2.24) is 24.2 Å². The first-order valence-corrected chi connectivity index (χ1v) is 14.1. The van der Waals surface area contributed by atoms with Crippen molar-refractivity contribution in [3.8, 4) is 0 Å². The Kier molecular flexibility index (Phi) is 8.56. The van der Waals surface area contributed by atoms with Gasteiger partial charge >= 0.3 is 12.7 Å². The summed E-state index contributed by atoms with van der Waals surface area (Å²) in [6, 6.07) is 2.39. The third-order valence-electron chi connectivity index (χ3n) is 7.53. The molecule has 2 aliphatic rings. The number of halogens is 8. The standard InChI is InChI=1S/C23H25ClF7N5O3S/c24-17-13-15(23(29,30)31)1-2-16(17)18(37)3-4-21(5-7-22(27,28)8-6-21)34-9-11-35(12-10-34)40(38,39)19-14-36(20(25)26)33-32-19/h1-2,13-14,20H,3-12H2. The van der Waals surface area contributed by atoms with E-state index in [0.717, 1.165) is 16.4 Å². The second kappa shape index (κ2) is 11.2. The van der Waals surface area contributed by atoms with Crippen LogP contribution in [0.15, 0.2) is 29.4 Å². The van der Waals surface area contributed by atoms with Gasteiger partial charge in [0, 0.05) is 56.5 Å². The Bertz CT molecular complexity index is 1330. The highest BCUT2D eigenvalue weighted by atomic mass is 35.5. The molecule has 1 aromatic carbocycles. The second-order valence-electron chi connectivity index (χ2n) is 9.90. The van der Waals surface area contributed by atoms with E-state index < -0.39 is 63.4 Å². The fourth-order valence-corrected chi connectivity index (χ4v) is 6.79. The second-order valence-corrected chi connectivity index (χ2v) is 12.2. The summed E-state index contributed by atoms with van der Waals surface area (Å²) in [6.07, 6.45) is -4.95. The van der Waals surface area contributed by atoms with Crippen molar-refractivity contribution in [3.63, 3.8) is 0 Å². The van der Waals surface area contributed by atoms with Gasteiger partial charge in [-0.3, -0.25) is 9.69 Å². The number of alkyl halides is 7. The van der Waals surface area contributed by atoms with E-state index in [-0.39, 0.29) is 67.1 Å². The Hall–Kier alpha value is -2.30. The number of carbonyl (C=O) groups excluding carboxylic acids is 1. The minimum absolute atomic E-state index is 0.0173. The van der Waals surface area contributed by atoms with Crippen LogP contribution >= 0.6 is 11.6 Å². The number of piperazine rings is 1. The number of nitrogens with zero attached hydrogens (tertiary/aromatic N) is 5. The van der Waals surface area contributed by atoms with Crippen LogP contribution in [-0.2, 0) is 16.2 Å². The average molecular weight is 620 g/mol. The molecular weight excluding hydrogens is 595 g/mol. The maximum absolute atomic E-state index is 14.1. The van der Waals surface area contributed by atoms with E-state index in [1.54, 1.807) is 0 Å². The normalized spacial score (nSPS) is 20.6. The first-order chi connectivity index (χ1) is 18.5. The van der Waals surface area contributed by atoms with Gasteiger partial charge in [0.1, 0.15) is 0 Å². The van der Waals surface area contributed by atoms with Crippen molar-refractivity contribution < 1.29 is 43.9 Å². The molecule has 0 unspecified atom stereocenters. The third-order valence-corrected chi connectivity index (χ3v) is 9.60. The van der Waals surface area contributed by atoms with E-state index in [4.69, 9.17) is 11.6 Å². The highest BCUT2D eigenvalue weighted by molar-refractivity contribution is 7.89. The molecule has 17 heteroatoms. The van der Waals surface area contributed by atoms with Crippen LogP contribution in [0.2, 0.25) is 5.02 Å². The Balaban J connectivity index is 1.47. The molecule has 2 fully saturated rings. The molecule has 0 spiro atoms. The average Bonchev–Trinajstić information content (AvgIpc) is 3.40. The first kappa shape index (κ1) is 30.7. The summed E-state index contributed by atoms with van der Waals surface area (Å²) in [5.41, 5.74) is -2.01. The molecule has 8 nitrogen and oxygen atoms in total. The van der Waals surface area contributed by atoms with Crippen LogP contribution < -0.4 is 0 Å². The van der Waals surface area contributed by atoms with Crippen LogP contribution in [0.3, 0.4) is 0 Å². The molecular formula is C23H25ClF7N5O3S. The maximum Gasteiger partial charge on any atom is 0.416 e. The van der Waals surface area contributed by atoms with Gasteiger partial charge in [-0.2, -0.15) is 30.9 Å². The van der Waals surface area contributed by atoms with Crippen LogP contribution in [0.25, 0.3) is 0 Å². The van der Waals surface area contributed by atoms with Crippen molar-refractivity contribution in [2.75, 3.05) is 26.2 Å². The number of carbonyl (C=O) groups is 1. The monoisotopic (exact) mass is 619 g/mol. The van der Waals surface area contributed by atoms with Gasteiger partial charge in [-0.15, -0.1) is 5.10 Å². The zero-order valence-electron chi connectivity index (χ0n) is 20.9. The van der Waals surface area contributed by atoms with Gasteiger partial charge in [0.2, 0.25) is 10.9 Å². The molecule has 1 saturated carbocycles. The number of benzene rings is 1. The fraction of sp³-hybridized carbons (Fsp3) is 0.609. The highest BCUT2D eigenvalue weighted by Crippen LogP contribution is 2.45. The zero-order chi connectivity index (χ0) is 29.5. The number of ketones is 1. The summed E-state index contributed by atoms with van der Waals surface area (Å²) in [6.45, 7) is -3.01. The van der Waals surface area contributed by atoms with E-state index in [1.807, 2.05) is 4.90 Å². The third kappa shape index (κ3) is 6.44. The van der Waals surface area contributed by atoms with Crippen molar-refractivity contribution in [2.24, 2.45) is 0 Å². The summed E-state index contributed by atoms with van der Waals surface area (Å²) in [5, 5.41) is 5.42. The first-order valence-electron chi connectivity index (χ1n) is 12.3. The Morgan fingerprint density at radius 2 is 1.68 bits per heavy atom. The summed E-state index contributed by atoms with van der Waals surface area (Å²) < 4.78 is 120. The van der Waals surface area contributed by atoms with Gasteiger partial charge in [0.15, 0.2) is 5.78 Å². The Morgan fingerprint density at radius 1 is 1.05 bits per heavy atom. The number of hydrogen-bond donors (Lipinski definition) is 0. The van der Waals surface area contributed by atoms with Crippen molar-refractivity contribution in [1.29, 1.82) is 0 Å². The molecule has 0 atom stereocenters. The van der Waals surface area contributed by atoms with Crippen molar-refractivity contribution in [2.45, 2.75) is 67.7 Å². The smallest absolute Gasteiger partial charge is 0.295 e. The van der Waals surface area contributed by atoms with Crippen LogP contribution in [0.4, 0.5) is 30.7 Å². The van der Waals surface area contributed by atoms with Crippen molar-refractivity contribution in [3.05, 3.63) is 40.5 Å². The summed E-state index contributed by atoms with van der Waals surface area (Å²) >= 11 is 5.96. The van der Waals surface area contributed by atoms with E-state index >= 15 is 0 Å². The van der Waals surface area contributed by atoms with Gasteiger partial charge in [-0.25, -0.2) is 17.2 Å².